The Morgan fingerprint density at radius 3 is 2.67 bits per heavy atom. The predicted octanol–water partition coefficient (Wildman–Crippen LogP) is 2.65. The van der Waals surface area contributed by atoms with Crippen LogP contribution in [0.3, 0.4) is 0 Å². The van der Waals surface area contributed by atoms with E-state index in [-0.39, 0.29) is 18.6 Å². The lowest BCUT2D eigenvalue weighted by Gasteiger charge is -2.36. The molecule has 3 rings (SSSR count). The van der Waals surface area contributed by atoms with Crippen LogP contribution >= 0.6 is 11.6 Å². The highest BCUT2D eigenvalue weighted by molar-refractivity contribution is 6.30. The average molecular weight is 266 g/mol. The summed E-state index contributed by atoms with van der Waals surface area (Å²) >= 11 is 5.90. The molecule has 1 unspecified atom stereocenters. The van der Waals surface area contributed by atoms with E-state index in [2.05, 4.69) is 0 Å². The van der Waals surface area contributed by atoms with Gasteiger partial charge in [0.15, 0.2) is 0 Å². The Hall–Kier alpha value is -1.06. The highest BCUT2D eigenvalue weighted by atomic mass is 35.5. The van der Waals surface area contributed by atoms with Crippen LogP contribution in [0, 0.1) is 5.92 Å². The molecule has 0 aromatic heterocycles. The van der Waals surface area contributed by atoms with Gasteiger partial charge in [0.2, 0.25) is 5.91 Å². The van der Waals surface area contributed by atoms with Gasteiger partial charge in [0.05, 0.1) is 12.6 Å². The zero-order valence-electron chi connectivity index (χ0n) is 10.1. The van der Waals surface area contributed by atoms with Crippen LogP contribution in [0.4, 0.5) is 0 Å². The first-order valence-corrected chi connectivity index (χ1v) is 6.74. The van der Waals surface area contributed by atoms with Gasteiger partial charge in [-0.05, 0) is 36.5 Å². The number of carbonyl (C=O) groups is 1. The summed E-state index contributed by atoms with van der Waals surface area (Å²) in [4.78, 5) is 14.0. The second kappa shape index (κ2) is 4.90. The van der Waals surface area contributed by atoms with Crippen LogP contribution < -0.4 is 0 Å². The highest BCUT2D eigenvalue weighted by Gasteiger charge is 2.34. The van der Waals surface area contributed by atoms with Crippen LogP contribution in [-0.2, 0) is 9.53 Å². The second-order valence-corrected chi connectivity index (χ2v) is 5.51. The van der Waals surface area contributed by atoms with Crippen LogP contribution in [0.1, 0.15) is 24.4 Å². The summed E-state index contributed by atoms with van der Waals surface area (Å²) in [5, 5.41) is 0.718. The SMILES string of the molecule is O=C1COCC(c2ccc(Cl)cc2)N1CC1CC1. The summed E-state index contributed by atoms with van der Waals surface area (Å²) in [5.41, 5.74) is 1.10. The van der Waals surface area contributed by atoms with Crippen LogP contribution in [0.25, 0.3) is 0 Å². The number of morpholine rings is 1. The molecule has 1 heterocycles. The largest absolute Gasteiger partial charge is 0.369 e. The van der Waals surface area contributed by atoms with Gasteiger partial charge < -0.3 is 9.64 Å². The fourth-order valence-corrected chi connectivity index (χ4v) is 2.50. The molecule has 0 spiro atoms. The Morgan fingerprint density at radius 1 is 1.28 bits per heavy atom. The van der Waals surface area contributed by atoms with E-state index in [0.29, 0.717) is 12.5 Å². The smallest absolute Gasteiger partial charge is 0.249 e. The monoisotopic (exact) mass is 265 g/mol. The maximum atomic E-state index is 12.0. The summed E-state index contributed by atoms with van der Waals surface area (Å²) in [6.45, 7) is 1.67. The van der Waals surface area contributed by atoms with Crippen molar-refractivity contribution in [3.63, 3.8) is 0 Å². The van der Waals surface area contributed by atoms with Crippen LogP contribution in [0.5, 0.6) is 0 Å². The van der Waals surface area contributed by atoms with Crippen LogP contribution in [0.15, 0.2) is 24.3 Å². The number of nitrogens with zero attached hydrogens (tertiary/aromatic N) is 1. The Kier molecular flexibility index (Phi) is 3.27. The molecule has 0 radical (unpaired) electrons. The molecule has 96 valence electrons. The summed E-state index contributed by atoms with van der Waals surface area (Å²) in [6, 6.07) is 7.74. The van der Waals surface area contributed by atoms with Gasteiger partial charge in [0.25, 0.3) is 0 Å². The molecular formula is C14H16ClNO2. The first kappa shape index (κ1) is 12.0. The number of carbonyl (C=O) groups excluding carboxylic acids is 1. The van der Waals surface area contributed by atoms with Crippen molar-refractivity contribution < 1.29 is 9.53 Å². The number of benzene rings is 1. The first-order valence-electron chi connectivity index (χ1n) is 6.37. The van der Waals surface area contributed by atoms with Gasteiger partial charge in [0, 0.05) is 11.6 Å². The molecule has 2 fully saturated rings. The molecule has 18 heavy (non-hydrogen) atoms. The normalized spacial score (nSPS) is 24.4. The second-order valence-electron chi connectivity index (χ2n) is 5.07. The van der Waals surface area contributed by atoms with Gasteiger partial charge in [-0.15, -0.1) is 0 Å². The third-order valence-corrected chi connectivity index (χ3v) is 3.86. The van der Waals surface area contributed by atoms with E-state index >= 15 is 0 Å². The minimum atomic E-state index is 0.0455. The maximum absolute atomic E-state index is 12.0. The molecule has 2 aliphatic rings. The number of rotatable bonds is 3. The van der Waals surface area contributed by atoms with Crippen molar-refractivity contribution in [1.29, 1.82) is 0 Å². The summed E-state index contributed by atoms with van der Waals surface area (Å²) in [6.07, 6.45) is 2.50. The number of hydrogen-bond donors (Lipinski definition) is 0. The van der Waals surface area contributed by atoms with Gasteiger partial charge in [-0.1, -0.05) is 23.7 Å². The topological polar surface area (TPSA) is 29.5 Å². The van der Waals surface area contributed by atoms with Crippen LogP contribution in [-0.4, -0.2) is 30.6 Å². The molecule has 4 heteroatoms. The van der Waals surface area contributed by atoms with Gasteiger partial charge in [0.1, 0.15) is 6.61 Å². The van der Waals surface area contributed by atoms with Crippen LogP contribution in [0.2, 0.25) is 5.02 Å². The van der Waals surface area contributed by atoms with Crippen molar-refractivity contribution in [3.8, 4) is 0 Å². The van der Waals surface area contributed by atoms with E-state index < -0.39 is 0 Å². The summed E-state index contributed by atoms with van der Waals surface area (Å²) in [7, 11) is 0. The molecule has 1 aromatic rings. The van der Waals surface area contributed by atoms with Crippen molar-refractivity contribution in [2.45, 2.75) is 18.9 Å². The number of amides is 1. The number of ether oxygens (including phenoxy) is 1. The van der Waals surface area contributed by atoms with Crippen molar-refractivity contribution in [3.05, 3.63) is 34.9 Å². The molecule has 0 N–H and O–H groups in total. The van der Waals surface area contributed by atoms with Gasteiger partial charge >= 0.3 is 0 Å². The predicted molar refractivity (Wildman–Crippen MR) is 69.4 cm³/mol. The maximum Gasteiger partial charge on any atom is 0.249 e. The van der Waals surface area contributed by atoms with Crippen molar-refractivity contribution in [2.75, 3.05) is 19.8 Å². The Bertz CT molecular complexity index is 442. The van der Waals surface area contributed by atoms with Gasteiger partial charge in [-0.3, -0.25) is 4.79 Å². The fourth-order valence-electron chi connectivity index (χ4n) is 2.37. The molecule has 1 aliphatic carbocycles. The Morgan fingerprint density at radius 2 is 2.00 bits per heavy atom. The third-order valence-electron chi connectivity index (χ3n) is 3.60. The minimum absolute atomic E-state index is 0.0455. The number of halogens is 1. The zero-order valence-corrected chi connectivity index (χ0v) is 10.9. The molecule has 0 bridgehead atoms. The van der Waals surface area contributed by atoms with Gasteiger partial charge in [-0.2, -0.15) is 0 Å². The molecule has 1 saturated heterocycles. The van der Waals surface area contributed by atoms with E-state index in [4.69, 9.17) is 16.3 Å². The standard InChI is InChI=1S/C14H16ClNO2/c15-12-5-3-11(4-6-12)13-8-18-9-14(17)16(13)7-10-1-2-10/h3-6,10,13H,1-2,7-9H2. The van der Waals surface area contributed by atoms with Crippen molar-refractivity contribution in [1.82, 2.24) is 4.90 Å². The Labute approximate surface area is 112 Å². The van der Waals surface area contributed by atoms with Crippen molar-refractivity contribution >= 4 is 17.5 Å². The van der Waals surface area contributed by atoms with E-state index in [1.807, 2.05) is 29.2 Å². The lowest BCUT2D eigenvalue weighted by molar-refractivity contribution is -0.148. The molecule has 1 atom stereocenters. The molecule has 1 saturated carbocycles. The van der Waals surface area contributed by atoms with Gasteiger partial charge in [-0.25, -0.2) is 0 Å². The molecule has 1 aromatic carbocycles. The fraction of sp³-hybridized carbons (Fsp3) is 0.500. The average Bonchev–Trinajstić information content (AvgIpc) is 3.17. The highest BCUT2D eigenvalue weighted by Crippen LogP contribution is 2.34. The Balaban J connectivity index is 1.81. The summed E-state index contributed by atoms with van der Waals surface area (Å²) < 4.78 is 5.39. The third kappa shape index (κ3) is 2.52. The van der Waals surface area contributed by atoms with E-state index in [1.54, 1.807) is 0 Å². The van der Waals surface area contributed by atoms with E-state index in [9.17, 15) is 4.79 Å². The van der Waals surface area contributed by atoms with E-state index in [0.717, 1.165) is 17.1 Å². The molecule has 3 nitrogen and oxygen atoms in total. The summed E-state index contributed by atoms with van der Waals surface area (Å²) in [5.74, 6) is 0.801. The molecule has 1 amide bonds. The first-order chi connectivity index (χ1) is 8.74. The lowest BCUT2D eigenvalue weighted by atomic mass is 10.0. The van der Waals surface area contributed by atoms with E-state index in [1.165, 1.54) is 12.8 Å². The minimum Gasteiger partial charge on any atom is -0.369 e. The lowest BCUT2D eigenvalue weighted by Crippen LogP contribution is -2.45. The quantitative estimate of drug-likeness (QED) is 0.841. The zero-order chi connectivity index (χ0) is 12.5. The van der Waals surface area contributed by atoms with Crippen molar-refractivity contribution in [2.24, 2.45) is 5.92 Å². The molecular weight excluding hydrogens is 250 g/mol. The number of hydrogen-bond acceptors (Lipinski definition) is 2. The molecule has 1 aliphatic heterocycles.